The molecule has 1 N–H and O–H groups in total. The highest BCUT2D eigenvalue weighted by Gasteiger charge is 2.24. The summed E-state index contributed by atoms with van der Waals surface area (Å²) in [4.78, 5) is 12.0. The summed E-state index contributed by atoms with van der Waals surface area (Å²) in [5, 5.41) is 2.94. The van der Waals surface area contributed by atoms with Crippen LogP contribution in [-0.2, 0) is 0 Å². The number of halogens is 2. The summed E-state index contributed by atoms with van der Waals surface area (Å²) in [6.45, 7) is 1.65. The minimum absolute atomic E-state index is 0.00393. The van der Waals surface area contributed by atoms with E-state index in [-0.39, 0.29) is 23.1 Å². The van der Waals surface area contributed by atoms with Crippen molar-refractivity contribution in [3.05, 3.63) is 35.1 Å². The molecule has 1 fully saturated rings. The molecule has 18 heavy (non-hydrogen) atoms. The van der Waals surface area contributed by atoms with Gasteiger partial charge in [0.15, 0.2) is 0 Å². The van der Waals surface area contributed by atoms with Crippen molar-refractivity contribution in [1.29, 1.82) is 0 Å². The number of carbonyl (C=O) groups is 1. The summed E-state index contributed by atoms with van der Waals surface area (Å²) in [6, 6.07) is 4.42. The molecule has 2 atom stereocenters. The summed E-state index contributed by atoms with van der Waals surface area (Å²) in [5.41, 5.74) is 0.969. The number of benzene rings is 1. The highest BCUT2D eigenvalue weighted by Crippen LogP contribution is 2.23. The predicted molar refractivity (Wildman–Crippen MR) is 70.5 cm³/mol. The van der Waals surface area contributed by atoms with Gasteiger partial charge in [0.25, 0.3) is 5.91 Å². The van der Waals surface area contributed by atoms with Crippen LogP contribution in [0.1, 0.15) is 41.6 Å². The van der Waals surface area contributed by atoms with Gasteiger partial charge >= 0.3 is 0 Å². The molecule has 4 heteroatoms. The van der Waals surface area contributed by atoms with Crippen LogP contribution in [0.5, 0.6) is 0 Å². The van der Waals surface area contributed by atoms with E-state index in [9.17, 15) is 9.18 Å². The Balaban J connectivity index is 2.04. The van der Waals surface area contributed by atoms with Crippen LogP contribution in [0, 0.1) is 12.7 Å². The first-order chi connectivity index (χ1) is 8.58. The van der Waals surface area contributed by atoms with Crippen molar-refractivity contribution in [2.75, 3.05) is 0 Å². The van der Waals surface area contributed by atoms with Crippen LogP contribution in [0.3, 0.4) is 0 Å². The summed E-state index contributed by atoms with van der Waals surface area (Å²) >= 11 is 6.20. The number of alkyl halides is 1. The second-order valence-corrected chi connectivity index (χ2v) is 5.40. The lowest BCUT2D eigenvalue weighted by molar-refractivity contribution is 0.0928. The Kier molecular flexibility index (Phi) is 4.23. The van der Waals surface area contributed by atoms with Crippen LogP contribution in [0.25, 0.3) is 0 Å². The number of carbonyl (C=O) groups excluding carboxylic acids is 1. The molecule has 0 spiro atoms. The van der Waals surface area contributed by atoms with Gasteiger partial charge in [-0.3, -0.25) is 4.79 Å². The van der Waals surface area contributed by atoms with Crippen LogP contribution in [0.4, 0.5) is 4.39 Å². The molecule has 1 aliphatic rings. The van der Waals surface area contributed by atoms with E-state index in [1.807, 2.05) is 0 Å². The lowest BCUT2D eigenvalue weighted by Crippen LogP contribution is -2.42. The summed E-state index contributed by atoms with van der Waals surface area (Å²) in [6.07, 6.45) is 4.07. The maximum absolute atomic E-state index is 13.1. The maximum atomic E-state index is 13.1. The molecule has 0 heterocycles. The van der Waals surface area contributed by atoms with Crippen LogP contribution >= 0.6 is 11.6 Å². The molecule has 1 aromatic rings. The lowest BCUT2D eigenvalue weighted by Gasteiger charge is -2.27. The van der Waals surface area contributed by atoms with Gasteiger partial charge in [-0.25, -0.2) is 4.39 Å². The Morgan fingerprint density at radius 1 is 1.39 bits per heavy atom. The van der Waals surface area contributed by atoms with Crippen molar-refractivity contribution < 1.29 is 9.18 Å². The third-order valence-electron chi connectivity index (χ3n) is 3.42. The zero-order chi connectivity index (χ0) is 13.1. The average Bonchev–Trinajstić information content (AvgIpc) is 2.35. The fourth-order valence-corrected chi connectivity index (χ4v) is 2.63. The van der Waals surface area contributed by atoms with Gasteiger partial charge in [-0.05, 0) is 43.5 Å². The van der Waals surface area contributed by atoms with E-state index in [0.717, 1.165) is 25.7 Å². The van der Waals surface area contributed by atoms with E-state index in [1.165, 1.54) is 12.1 Å². The minimum atomic E-state index is -0.292. The van der Waals surface area contributed by atoms with E-state index >= 15 is 0 Å². The third-order valence-corrected chi connectivity index (χ3v) is 3.94. The zero-order valence-corrected chi connectivity index (χ0v) is 11.1. The Morgan fingerprint density at radius 3 is 2.78 bits per heavy atom. The van der Waals surface area contributed by atoms with Gasteiger partial charge in [0.2, 0.25) is 0 Å². The number of nitrogens with one attached hydrogen (secondary N) is 1. The quantitative estimate of drug-likeness (QED) is 0.819. The summed E-state index contributed by atoms with van der Waals surface area (Å²) < 4.78 is 13.1. The zero-order valence-electron chi connectivity index (χ0n) is 10.4. The maximum Gasteiger partial charge on any atom is 0.251 e. The molecule has 2 unspecified atom stereocenters. The molecule has 0 bridgehead atoms. The normalized spacial score (nSPS) is 23.7. The molecule has 1 aliphatic carbocycles. The average molecular weight is 270 g/mol. The largest absolute Gasteiger partial charge is 0.348 e. The Morgan fingerprint density at radius 2 is 2.11 bits per heavy atom. The first kappa shape index (κ1) is 13.3. The van der Waals surface area contributed by atoms with E-state index in [1.54, 1.807) is 13.0 Å². The molecule has 1 saturated carbocycles. The number of hydrogen-bond acceptors (Lipinski definition) is 1. The van der Waals surface area contributed by atoms with Gasteiger partial charge in [0.05, 0.1) is 5.38 Å². The van der Waals surface area contributed by atoms with E-state index in [0.29, 0.717) is 11.1 Å². The first-order valence-electron chi connectivity index (χ1n) is 6.29. The lowest BCUT2D eigenvalue weighted by atomic mass is 9.94. The van der Waals surface area contributed by atoms with Crippen molar-refractivity contribution in [3.8, 4) is 0 Å². The molecule has 2 rings (SSSR count). The van der Waals surface area contributed by atoms with Crippen molar-refractivity contribution in [3.63, 3.8) is 0 Å². The monoisotopic (exact) mass is 269 g/mol. The molecule has 0 radical (unpaired) electrons. The molecule has 98 valence electrons. The fraction of sp³-hybridized carbons (Fsp3) is 0.500. The summed E-state index contributed by atoms with van der Waals surface area (Å²) in [7, 11) is 0. The third kappa shape index (κ3) is 3.02. The number of hydrogen-bond donors (Lipinski definition) is 1. The topological polar surface area (TPSA) is 29.1 Å². The molecule has 1 amide bonds. The predicted octanol–water partition coefficient (Wildman–Crippen LogP) is 3.41. The van der Waals surface area contributed by atoms with Crippen molar-refractivity contribution in [2.45, 2.75) is 44.0 Å². The van der Waals surface area contributed by atoms with Gasteiger partial charge in [-0.2, -0.15) is 0 Å². The van der Waals surface area contributed by atoms with Gasteiger partial charge in [-0.1, -0.05) is 12.8 Å². The molecule has 0 saturated heterocycles. The minimum Gasteiger partial charge on any atom is -0.348 e. The molecule has 0 aliphatic heterocycles. The Bertz CT molecular complexity index is 449. The summed E-state index contributed by atoms with van der Waals surface area (Å²) in [5.74, 6) is -0.463. The molecule has 2 nitrogen and oxygen atoms in total. The van der Waals surface area contributed by atoms with Crippen LogP contribution in [0.2, 0.25) is 0 Å². The van der Waals surface area contributed by atoms with Gasteiger partial charge in [-0.15, -0.1) is 11.6 Å². The van der Waals surface area contributed by atoms with E-state index in [2.05, 4.69) is 5.32 Å². The van der Waals surface area contributed by atoms with Crippen LogP contribution < -0.4 is 5.32 Å². The van der Waals surface area contributed by atoms with E-state index < -0.39 is 0 Å². The molecular formula is C14H17ClFNO. The standard InChI is InChI=1S/C14H17ClFNO/c1-9-8-10(6-7-12(9)16)14(18)17-13-5-3-2-4-11(13)15/h6-8,11,13H,2-5H2,1H3,(H,17,18). The molecule has 0 aromatic heterocycles. The van der Waals surface area contributed by atoms with Crippen LogP contribution in [0.15, 0.2) is 18.2 Å². The second-order valence-electron chi connectivity index (χ2n) is 4.84. The van der Waals surface area contributed by atoms with E-state index in [4.69, 9.17) is 11.6 Å². The Hall–Kier alpha value is -1.09. The number of amides is 1. The van der Waals surface area contributed by atoms with Crippen molar-refractivity contribution >= 4 is 17.5 Å². The molecular weight excluding hydrogens is 253 g/mol. The van der Waals surface area contributed by atoms with Crippen molar-refractivity contribution in [2.24, 2.45) is 0 Å². The first-order valence-corrected chi connectivity index (χ1v) is 6.72. The highest BCUT2D eigenvalue weighted by molar-refractivity contribution is 6.21. The number of aryl methyl sites for hydroxylation is 1. The fourth-order valence-electron chi connectivity index (χ4n) is 2.29. The molecule has 1 aromatic carbocycles. The van der Waals surface area contributed by atoms with Gasteiger partial charge < -0.3 is 5.32 Å². The second kappa shape index (κ2) is 5.70. The smallest absolute Gasteiger partial charge is 0.251 e. The Labute approximate surface area is 112 Å². The SMILES string of the molecule is Cc1cc(C(=O)NC2CCCCC2Cl)ccc1F. The van der Waals surface area contributed by atoms with Gasteiger partial charge in [0, 0.05) is 11.6 Å². The highest BCUT2D eigenvalue weighted by atomic mass is 35.5. The van der Waals surface area contributed by atoms with Gasteiger partial charge in [0.1, 0.15) is 5.82 Å². The van der Waals surface area contributed by atoms with Crippen LogP contribution in [-0.4, -0.2) is 17.3 Å². The number of rotatable bonds is 2. The van der Waals surface area contributed by atoms with Crippen molar-refractivity contribution in [1.82, 2.24) is 5.32 Å².